The number of benzene rings is 2. The molecule has 1 aliphatic rings. The fraction of sp³-hybridized carbons (Fsp3) is 0.300. The van der Waals surface area contributed by atoms with E-state index in [1.165, 1.54) is 26.0 Å². The molecule has 1 fully saturated rings. The predicted molar refractivity (Wildman–Crippen MR) is 97.2 cm³/mol. The highest BCUT2D eigenvalue weighted by molar-refractivity contribution is 5.95. The first-order valence-corrected chi connectivity index (χ1v) is 8.47. The van der Waals surface area contributed by atoms with Crippen molar-refractivity contribution in [2.24, 2.45) is 0 Å². The zero-order chi connectivity index (χ0) is 18.8. The van der Waals surface area contributed by atoms with Crippen LogP contribution in [-0.4, -0.2) is 37.7 Å². The van der Waals surface area contributed by atoms with Crippen molar-refractivity contribution in [2.45, 2.75) is 13.8 Å². The van der Waals surface area contributed by atoms with Crippen molar-refractivity contribution in [3.05, 3.63) is 59.2 Å². The first-order chi connectivity index (χ1) is 12.4. The molecule has 6 heteroatoms. The van der Waals surface area contributed by atoms with Gasteiger partial charge in [-0.3, -0.25) is 9.59 Å². The predicted octanol–water partition coefficient (Wildman–Crippen LogP) is 3.70. The summed E-state index contributed by atoms with van der Waals surface area (Å²) >= 11 is 0. The molecule has 0 spiro atoms. The quantitative estimate of drug-likeness (QED) is 0.782. The van der Waals surface area contributed by atoms with Crippen LogP contribution in [-0.2, 0) is 0 Å². The minimum Gasteiger partial charge on any atom is -0.366 e. The van der Waals surface area contributed by atoms with E-state index in [0.717, 1.165) is 0 Å². The summed E-state index contributed by atoms with van der Waals surface area (Å²) in [6, 6.07) is 8.98. The standard InChI is InChI=1S/C20H20F2N2O2/c1-13(25)15-3-5-19(17(21)11-15)23-7-9-24(10-8-23)20-6-4-16(14(2)26)12-18(20)22/h3-6,11-12H,7-10H2,1-2H3. The molecule has 1 saturated heterocycles. The van der Waals surface area contributed by atoms with Crippen LogP contribution >= 0.6 is 0 Å². The highest BCUT2D eigenvalue weighted by Gasteiger charge is 2.22. The zero-order valence-electron chi connectivity index (χ0n) is 14.8. The number of piperazine rings is 1. The van der Waals surface area contributed by atoms with Gasteiger partial charge in [0.15, 0.2) is 11.6 Å². The second-order valence-electron chi connectivity index (χ2n) is 6.42. The Bertz CT molecular complexity index is 787. The Morgan fingerprint density at radius 3 is 1.35 bits per heavy atom. The molecule has 26 heavy (non-hydrogen) atoms. The van der Waals surface area contributed by atoms with E-state index in [4.69, 9.17) is 0 Å². The lowest BCUT2D eigenvalue weighted by atomic mass is 10.1. The molecule has 3 rings (SSSR count). The van der Waals surface area contributed by atoms with E-state index < -0.39 is 11.6 Å². The molecule has 0 saturated carbocycles. The molecule has 2 aromatic carbocycles. The number of halogens is 2. The molecule has 0 amide bonds. The minimum atomic E-state index is -0.428. The van der Waals surface area contributed by atoms with Crippen LogP contribution in [0.2, 0.25) is 0 Å². The van der Waals surface area contributed by atoms with Gasteiger partial charge in [-0.05, 0) is 50.2 Å². The number of rotatable bonds is 4. The van der Waals surface area contributed by atoms with Gasteiger partial charge in [-0.2, -0.15) is 0 Å². The molecule has 0 N–H and O–H groups in total. The monoisotopic (exact) mass is 358 g/mol. The Morgan fingerprint density at radius 2 is 1.08 bits per heavy atom. The summed E-state index contributed by atoms with van der Waals surface area (Å²) in [6.45, 7) is 4.93. The van der Waals surface area contributed by atoms with E-state index in [9.17, 15) is 18.4 Å². The van der Waals surface area contributed by atoms with Gasteiger partial charge in [-0.1, -0.05) is 0 Å². The van der Waals surface area contributed by atoms with E-state index >= 15 is 0 Å². The maximum Gasteiger partial charge on any atom is 0.159 e. The molecule has 136 valence electrons. The van der Waals surface area contributed by atoms with Gasteiger partial charge in [0.05, 0.1) is 11.4 Å². The Morgan fingerprint density at radius 1 is 0.731 bits per heavy atom. The summed E-state index contributed by atoms with van der Waals surface area (Å²) in [6.07, 6.45) is 0. The number of carbonyl (C=O) groups is 2. The first-order valence-electron chi connectivity index (χ1n) is 8.47. The third-order valence-corrected chi connectivity index (χ3v) is 4.67. The number of nitrogens with zero attached hydrogens (tertiary/aromatic N) is 2. The van der Waals surface area contributed by atoms with E-state index in [1.807, 2.05) is 9.80 Å². The number of carbonyl (C=O) groups excluding carboxylic acids is 2. The van der Waals surface area contributed by atoms with Crippen LogP contribution in [0, 0.1) is 11.6 Å². The molecule has 0 radical (unpaired) electrons. The summed E-state index contributed by atoms with van der Waals surface area (Å²) in [5.74, 6) is -1.21. The number of hydrogen-bond donors (Lipinski definition) is 0. The zero-order valence-corrected chi connectivity index (χ0v) is 14.8. The van der Waals surface area contributed by atoms with Crippen LogP contribution in [0.1, 0.15) is 34.6 Å². The molecule has 1 heterocycles. The molecule has 1 aliphatic heterocycles. The number of ketones is 2. The van der Waals surface area contributed by atoms with Gasteiger partial charge in [0.2, 0.25) is 0 Å². The van der Waals surface area contributed by atoms with Gasteiger partial charge in [0, 0.05) is 37.3 Å². The van der Waals surface area contributed by atoms with E-state index in [0.29, 0.717) is 48.7 Å². The van der Waals surface area contributed by atoms with Gasteiger partial charge in [0.1, 0.15) is 11.6 Å². The average molecular weight is 358 g/mol. The number of hydrogen-bond acceptors (Lipinski definition) is 4. The highest BCUT2D eigenvalue weighted by Crippen LogP contribution is 2.26. The Balaban J connectivity index is 1.72. The largest absolute Gasteiger partial charge is 0.366 e. The van der Waals surface area contributed by atoms with Gasteiger partial charge in [-0.15, -0.1) is 0 Å². The van der Waals surface area contributed by atoms with Gasteiger partial charge < -0.3 is 9.80 Å². The lowest BCUT2D eigenvalue weighted by molar-refractivity contribution is 0.100. The molecular formula is C20H20F2N2O2. The van der Waals surface area contributed by atoms with Crippen molar-refractivity contribution in [2.75, 3.05) is 36.0 Å². The smallest absolute Gasteiger partial charge is 0.159 e. The summed E-state index contributed by atoms with van der Waals surface area (Å²) in [4.78, 5) is 26.5. The molecule has 0 bridgehead atoms. The molecule has 0 aliphatic carbocycles. The Hall–Kier alpha value is -2.76. The van der Waals surface area contributed by atoms with Crippen LogP contribution in [0.4, 0.5) is 20.2 Å². The topological polar surface area (TPSA) is 40.6 Å². The first kappa shape index (κ1) is 18.0. The molecule has 2 aromatic rings. The lowest BCUT2D eigenvalue weighted by Crippen LogP contribution is -2.47. The fourth-order valence-corrected chi connectivity index (χ4v) is 3.15. The minimum absolute atomic E-state index is 0.176. The second kappa shape index (κ2) is 7.23. The van der Waals surface area contributed by atoms with Gasteiger partial charge in [0.25, 0.3) is 0 Å². The van der Waals surface area contributed by atoms with Crippen molar-refractivity contribution in [1.29, 1.82) is 0 Å². The van der Waals surface area contributed by atoms with Crippen molar-refractivity contribution in [1.82, 2.24) is 0 Å². The molecule has 0 aromatic heterocycles. The average Bonchev–Trinajstić information content (AvgIpc) is 2.61. The number of anilines is 2. The molecule has 0 atom stereocenters. The van der Waals surface area contributed by atoms with Crippen LogP contribution in [0.5, 0.6) is 0 Å². The van der Waals surface area contributed by atoms with Crippen LogP contribution in [0.3, 0.4) is 0 Å². The van der Waals surface area contributed by atoms with Crippen LogP contribution in [0.25, 0.3) is 0 Å². The van der Waals surface area contributed by atoms with Crippen molar-refractivity contribution in [3.63, 3.8) is 0 Å². The van der Waals surface area contributed by atoms with Gasteiger partial charge in [-0.25, -0.2) is 8.78 Å². The van der Waals surface area contributed by atoms with Gasteiger partial charge >= 0.3 is 0 Å². The lowest BCUT2D eigenvalue weighted by Gasteiger charge is -2.37. The summed E-state index contributed by atoms with van der Waals surface area (Å²) in [5, 5.41) is 0. The molecule has 0 unspecified atom stereocenters. The Kier molecular flexibility index (Phi) is 5.02. The fourth-order valence-electron chi connectivity index (χ4n) is 3.15. The Labute approximate surface area is 151 Å². The van der Waals surface area contributed by atoms with Crippen molar-refractivity contribution < 1.29 is 18.4 Å². The SMILES string of the molecule is CC(=O)c1ccc(N2CCN(c3ccc(C(C)=O)cc3F)CC2)c(F)c1. The normalized spacial score (nSPS) is 14.5. The summed E-state index contributed by atoms with van der Waals surface area (Å²) in [7, 11) is 0. The van der Waals surface area contributed by atoms with E-state index in [-0.39, 0.29) is 11.6 Å². The maximum atomic E-state index is 14.3. The van der Waals surface area contributed by atoms with Crippen LogP contribution in [0.15, 0.2) is 36.4 Å². The second-order valence-corrected chi connectivity index (χ2v) is 6.42. The molecule has 4 nitrogen and oxygen atoms in total. The van der Waals surface area contributed by atoms with Crippen molar-refractivity contribution in [3.8, 4) is 0 Å². The van der Waals surface area contributed by atoms with Crippen LogP contribution < -0.4 is 9.80 Å². The third-order valence-electron chi connectivity index (χ3n) is 4.67. The highest BCUT2D eigenvalue weighted by atomic mass is 19.1. The molecular weight excluding hydrogens is 338 g/mol. The number of Topliss-reactive ketones (excluding diaryl/α,β-unsaturated/α-hetero) is 2. The summed E-state index contributed by atoms with van der Waals surface area (Å²) in [5.41, 5.74) is 1.58. The van der Waals surface area contributed by atoms with Crippen molar-refractivity contribution >= 4 is 22.9 Å². The third kappa shape index (κ3) is 3.59. The maximum absolute atomic E-state index is 14.3. The van der Waals surface area contributed by atoms with E-state index in [2.05, 4.69) is 0 Å². The van der Waals surface area contributed by atoms with E-state index in [1.54, 1.807) is 24.3 Å². The summed E-state index contributed by atoms with van der Waals surface area (Å²) < 4.78 is 28.6.